The molecular weight excluding hydrogens is 1860 g/mol. The van der Waals surface area contributed by atoms with E-state index in [1.165, 1.54) is 6.92 Å². The average molecular weight is 1990 g/mol. The summed E-state index contributed by atoms with van der Waals surface area (Å²) in [5.41, 5.74) is 44.5. The number of carboxylic acid groups (broad SMARTS) is 1. The van der Waals surface area contributed by atoms with Gasteiger partial charge in [-0.05, 0) is 185 Å². The highest BCUT2D eigenvalue weighted by atomic mass is 16.5. The first-order valence-corrected chi connectivity index (χ1v) is 49.6. The Morgan fingerprint density at radius 2 is 0.669 bits per heavy atom. The Morgan fingerprint density at radius 3 is 0.966 bits per heavy atom. The molecule has 148 heavy (non-hydrogen) atoms. The molecule has 4 fully saturated rings. The molecule has 15 N–H and O–H groups in total. The molecule has 0 unspecified atom stereocenters. The number of benzene rings is 4. The number of pyridine rings is 4. The standard InChI is InChI=1S/C29H31N5O3.C27H31N9O.C27H28N8O.C27H26N6O2.3CH4/c1-3-37-25(36)15-19-9-11-21(12-10-19)27-26(18(2)35)28(30)34-29(33-27)23(17-32-34)22-13-14-24(31-16-22)20-7-5-4-6-8-20;1-16(34-29)24-25(19-9-7-17(8-10-19)13-23(37)35-30)33-27-21(15-32-36(27)26(24)28)20-11-12-22(31-14-20)18-5-3-2-4-6-18;1-16-24-25(19-9-7-17(8-10-19)13-23(36)32-28)31-26-21(15-30-35(26)27(24)34-33-16)20-11-12-22(29-14-20)18-5-3-2-4-6-18;1-16-24-25(19-9-7-17(8-10-19)13-23(34)35)30-26-21(15-29-33(26)27(24)32-31-16)20-11-12-22(28-14-20)18-5-3-2-4-6-18;;;/h4-8,13-14,16-17,19,21H,3,9-12,15,30H2,1-2H3;2-6,11-12,14-15,17,19H,7-10,13,28-30H2,1H3,(H,35,37);2-6,11-12,14-15,17,19H,7-10,13,28H2,1H3,(H,32,36)(H,33,34);2-6,11-12,14-15,17,19H,7-10,13H2,1H3,(H,31,32)(H,34,35);3*1H4/b;34-16+;;;;;. The van der Waals surface area contributed by atoms with E-state index in [9.17, 15) is 29.1 Å². The molecule has 0 saturated heterocycles. The number of amides is 2. The summed E-state index contributed by atoms with van der Waals surface area (Å²) in [6, 6.07) is 56.5. The van der Waals surface area contributed by atoms with Crippen LogP contribution in [0.4, 0.5) is 11.6 Å². The molecule has 35 heteroatoms. The molecule has 4 aromatic carbocycles. The number of hydrazine groups is 2. The number of fused-ring (bicyclic) bond motifs is 8. The molecule has 2 amide bonds. The Morgan fingerprint density at radius 1 is 0.378 bits per heavy atom. The molecule has 14 aromatic heterocycles. The molecule has 0 bridgehead atoms. The highest BCUT2D eigenvalue weighted by Gasteiger charge is 2.36. The molecule has 4 saturated carbocycles. The smallest absolute Gasteiger partial charge is 0.306 e. The molecule has 4 aliphatic rings. The molecule has 0 atom stereocenters. The number of hydrogen-bond donors (Lipinski definition) is 10. The summed E-state index contributed by atoms with van der Waals surface area (Å²) in [6.07, 6.45) is 30.7. The summed E-state index contributed by atoms with van der Waals surface area (Å²) in [7, 11) is 0. The van der Waals surface area contributed by atoms with Crippen molar-refractivity contribution in [1.82, 2.24) is 110 Å². The van der Waals surface area contributed by atoms with Gasteiger partial charge in [0.25, 0.3) is 0 Å². The van der Waals surface area contributed by atoms with Crippen molar-refractivity contribution in [3.8, 4) is 89.5 Å². The number of carbonyl (C=O) groups is 5. The van der Waals surface area contributed by atoms with Crippen molar-refractivity contribution in [2.45, 2.75) is 209 Å². The predicted molar refractivity (Wildman–Crippen MR) is 577 cm³/mol. The Bertz CT molecular complexity index is 7730. The molecule has 0 aliphatic heterocycles. The minimum atomic E-state index is -0.711. The SMILES string of the molecule is C.C.C.C/C(=N\N)c1c(C2CCC(CC(=O)NN)CC2)nc2c(-c3ccc(-c4ccccc4)nc3)cnn2c1N.CCOC(=O)CC1CCC(c2nc3c(-c4ccc(-c5ccccc5)nc4)cnn3c(N)c2C(C)=O)CC1.Cc1[nH]nc2c1c(C1CCC(CC(=O)NN)CC1)nc1c(-c3ccc(-c4ccccc4)nc3)cnn12.Cc1[nH]nc2c1c(C1CCC(CC(=O)O)CC1)nc1c(-c3ccc(-c4ccccc4)nc3)cnn12. The summed E-state index contributed by atoms with van der Waals surface area (Å²) in [4.78, 5) is 98.4. The van der Waals surface area contributed by atoms with Crippen LogP contribution in [0.25, 0.3) is 134 Å². The number of nitrogens with zero attached hydrogens (tertiary/aromatic N) is 19. The topological polar surface area (TPSA) is 511 Å². The number of anilines is 2. The van der Waals surface area contributed by atoms with Gasteiger partial charge in [-0.1, -0.05) is 168 Å². The fourth-order valence-corrected chi connectivity index (χ4v) is 21.4. The second kappa shape index (κ2) is 46.7. The van der Waals surface area contributed by atoms with Gasteiger partial charge in [0.2, 0.25) is 11.8 Å². The van der Waals surface area contributed by atoms with Crippen molar-refractivity contribution in [3.63, 3.8) is 0 Å². The molecule has 35 nitrogen and oxygen atoms in total. The molecule has 762 valence electrons. The van der Waals surface area contributed by atoms with Gasteiger partial charge < -0.3 is 27.2 Å². The summed E-state index contributed by atoms with van der Waals surface area (Å²) in [5.74, 6) is 17.8. The molecular formula is C113H128N28O7. The Labute approximate surface area is 857 Å². The number of carbonyl (C=O) groups excluding carboxylic acids is 4. The second-order valence-electron chi connectivity index (χ2n) is 38.3. The zero-order valence-corrected chi connectivity index (χ0v) is 81.5. The highest BCUT2D eigenvalue weighted by Crippen LogP contribution is 2.47. The number of nitrogens with two attached hydrogens (primary N) is 5. The quantitative estimate of drug-likeness (QED) is 0.00710. The molecule has 0 spiro atoms. The summed E-state index contributed by atoms with van der Waals surface area (Å²) in [5, 5.41) is 48.8. The number of carboxylic acids is 1. The number of rotatable bonds is 23. The number of aromatic nitrogens is 20. The maximum absolute atomic E-state index is 12.7. The maximum Gasteiger partial charge on any atom is 0.306 e. The number of hydrogen-bond acceptors (Lipinski definition) is 26. The van der Waals surface area contributed by atoms with E-state index in [0.29, 0.717) is 77.8 Å². The largest absolute Gasteiger partial charge is 0.481 e. The van der Waals surface area contributed by atoms with Crippen molar-refractivity contribution in [2.24, 2.45) is 46.3 Å². The van der Waals surface area contributed by atoms with Gasteiger partial charge in [0, 0.05) is 152 Å². The highest BCUT2D eigenvalue weighted by molar-refractivity contribution is 6.04. The number of esters is 1. The number of aliphatic carboxylic acids is 1. The van der Waals surface area contributed by atoms with Crippen LogP contribution in [-0.4, -0.2) is 146 Å². The monoisotopic (exact) mass is 1990 g/mol. The first-order chi connectivity index (χ1) is 70.7. The van der Waals surface area contributed by atoms with Gasteiger partial charge in [0.05, 0.1) is 105 Å². The fraction of sp³-hybridized carbons (Fsp3) is 0.327. The van der Waals surface area contributed by atoms with Crippen LogP contribution in [0.2, 0.25) is 0 Å². The average Bonchev–Trinajstić information content (AvgIpc) is 1.59. The molecule has 22 rings (SSSR count). The molecule has 4 aliphatic carbocycles. The third-order valence-electron chi connectivity index (χ3n) is 29.0. The van der Waals surface area contributed by atoms with Crippen LogP contribution in [0.3, 0.4) is 0 Å². The fourth-order valence-electron chi connectivity index (χ4n) is 21.4. The number of ether oxygens (including phenoxy) is 1. The van der Waals surface area contributed by atoms with Crippen LogP contribution in [0, 0.1) is 37.5 Å². The lowest BCUT2D eigenvalue weighted by Gasteiger charge is -2.29. The van der Waals surface area contributed by atoms with Gasteiger partial charge in [-0.25, -0.2) is 31.6 Å². The lowest BCUT2D eigenvalue weighted by molar-refractivity contribution is -0.144. The summed E-state index contributed by atoms with van der Waals surface area (Å²) >= 11 is 0. The van der Waals surface area contributed by atoms with Crippen molar-refractivity contribution >= 4 is 91.5 Å². The number of nitrogens with one attached hydrogen (secondary N) is 4. The zero-order chi connectivity index (χ0) is 100. The minimum Gasteiger partial charge on any atom is -0.481 e. The number of hydrazone groups is 1. The number of Topliss-reactive ketones (excluding diaryl/α,β-unsaturated/α-hetero) is 1. The van der Waals surface area contributed by atoms with Gasteiger partial charge in [-0.3, -0.25) is 65.0 Å². The second-order valence-corrected chi connectivity index (χ2v) is 38.3. The van der Waals surface area contributed by atoms with Crippen LogP contribution >= 0.6 is 0 Å². The van der Waals surface area contributed by atoms with Crippen LogP contribution in [0.5, 0.6) is 0 Å². The molecule has 18 aromatic rings. The Hall–Kier alpha value is -16.6. The maximum atomic E-state index is 12.7. The van der Waals surface area contributed by atoms with Crippen molar-refractivity contribution in [3.05, 3.63) is 265 Å². The van der Waals surface area contributed by atoms with E-state index >= 15 is 0 Å². The molecule has 14 heterocycles. The van der Waals surface area contributed by atoms with E-state index in [-0.39, 0.29) is 81.9 Å². The van der Waals surface area contributed by atoms with Gasteiger partial charge in [0.15, 0.2) is 39.7 Å². The lowest BCUT2D eigenvalue weighted by Crippen LogP contribution is -2.32. The number of aryl methyl sites for hydroxylation is 2. The number of aromatic amines is 2. The molecule has 0 radical (unpaired) electrons. The Balaban J connectivity index is 0.000000140. The lowest BCUT2D eigenvalue weighted by atomic mass is 9.78. The summed E-state index contributed by atoms with van der Waals surface area (Å²) in [6.45, 7) is 9.61. The van der Waals surface area contributed by atoms with E-state index in [4.69, 9.17) is 58.7 Å². The van der Waals surface area contributed by atoms with Gasteiger partial charge in [-0.15, -0.1) is 0 Å². The van der Waals surface area contributed by atoms with E-state index in [1.54, 1.807) is 25.9 Å². The van der Waals surface area contributed by atoms with Crippen molar-refractivity contribution in [2.75, 3.05) is 18.1 Å². The van der Waals surface area contributed by atoms with E-state index in [0.717, 1.165) is 265 Å². The number of H-pyrrole nitrogens is 2. The van der Waals surface area contributed by atoms with Crippen LogP contribution in [0.1, 0.15) is 245 Å². The summed E-state index contributed by atoms with van der Waals surface area (Å²) < 4.78 is 11.9. The van der Waals surface area contributed by atoms with Gasteiger partial charge in [-0.2, -0.15) is 53.8 Å². The predicted octanol–water partition coefficient (Wildman–Crippen LogP) is 20.4. The van der Waals surface area contributed by atoms with E-state index in [2.05, 4.69) is 96.0 Å². The third kappa shape index (κ3) is 22.2. The first kappa shape index (κ1) is 104. The normalized spacial score (nSPS) is 17.7. The van der Waals surface area contributed by atoms with Gasteiger partial charge in [0.1, 0.15) is 11.6 Å². The van der Waals surface area contributed by atoms with Crippen LogP contribution in [-0.2, 0) is 23.9 Å². The Kier molecular flexibility index (Phi) is 32.9. The van der Waals surface area contributed by atoms with Crippen LogP contribution < -0.4 is 39.8 Å². The minimum absolute atomic E-state index is 0. The van der Waals surface area contributed by atoms with Gasteiger partial charge >= 0.3 is 11.9 Å². The first-order valence-electron chi connectivity index (χ1n) is 49.6. The number of ketones is 1. The zero-order valence-electron chi connectivity index (χ0n) is 81.5. The van der Waals surface area contributed by atoms with Crippen molar-refractivity contribution in [1.29, 1.82) is 0 Å². The van der Waals surface area contributed by atoms with Crippen LogP contribution in [0.15, 0.2) is 225 Å². The third-order valence-corrected chi connectivity index (χ3v) is 29.0. The number of nitrogen functional groups attached to an aromatic ring is 2. The van der Waals surface area contributed by atoms with Crippen molar-refractivity contribution < 1.29 is 33.8 Å². The van der Waals surface area contributed by atoms with E-state index < -0.39 is 5.97 Å². The van der Waals surface area contributed by atoms with E-state index in [1.807, 2.05) is 215 Å².